The Hall–Kier alpha value is -0.700. The number of thioether (sulfide) groups is 1. The van der Waals surface area contributed by atoms with Gasteiger partial charge in [0.2, 0.25) is 0 Å². The van der Waals surface area contributed by atoms with Gasteiger partial charge in [-0.05, 0) is 24.3 Å². The van der Waals surface area contributed by atoms with Crippen LogP contribution in [0.25, 0.3) is 0 Å². The molecule has 3 heteroatoms. The van der Waals surface area contributed by atoms with E-state index in [9.17, 15) is 4.79 Å². The van der Waals surface area contributed by atoms with Gasteiger partial charge < -0.3 is 4.98 Å². The fourth-order valence-corrected chi connectivity index (χ4v) is 1.97. The first kappa shape index (κ1) is 10.4. The Morgan fingerprint density at radius 1 is 1.62 bits per heavy atom. The van der Waals surface area contributed by atoms with Crippen LogP contribution in [-0.2, 0) is 0 Å². The molecule has 1 N–H and O–H groups in total. The Balaban J connectivity index is 2.19. The average molecular weight is 197 g/mol. The molecule has 0 aromatic carbocycles. The Morgan fingerprint density at radius 3 is 3.08 bits per heavy atom. The molecule has 2 nitrogen and oxygen atoms in total. The highest BCUT2D eigenvalue weighted by Gasteiger charge is 2.04. The van der Waals surface area contributed by atoms with Crippen LogP contribution in [0.3, 0.4) is 0 Å². The molecule has 1 heterocycles. The minimum absolute atomic E-state index is 0.200. The molecular formula is C10H15NOS. The van der Waals surface area contributed by atoms with Crippen molar-refractivity contribution < 1.29 is 4.79 Å². The maximum Gasteiger partial charge on any atom is 0.188 e. The summed E-state index contributed by atoms with van der Waals surface area (Å²) in [5, 5.41) is 0. The lowest BCUT2D eigenvalue weighted by Gasteiger charge is -1.97. The van der Waals surface area contributed by atoms with Gasteiger partial charge in [0.05, 0.1) is 11.4 Å². The Labute approximate surface area is 83.1 Å². The highest BCUT2D eigenvalue weighted by Crippen LogP contribution is 2.07. The summed E-state index contributed by atoms with van der Waals surface area (Å²) in [6, 6.07) is 3.67. The van der Waals surface area contributed by atoms with Crippen LogP contribution in [0.15, 0.2) is 18.3 Å². The maximum absolute atomic E-state index is 11.4. The van der Waals surface area contributed by atoms with E-state index in [2.05, 4.69) is 11.9 Å². The molecule has 1 rings (SSSR count). The molecular weight excluding hydrogens is 182 g/mol. The number of ketones is 1. The Morgan fingerprint density at radius 2 is 2.46 bits per heavy atom. The molecule has 13 heavy (non-hydrogen) atoms. The molecule has 72 valence electrons. The van der Waals surface area contributed by atoms with Crippen molar-refractivity contribution in [1.29, 1.82) is 0 Å². The predicted octanol–water partition coefficient (Wildman–Crippen LogP) is 2.73. The van der Waals surface area contributed by atoms with Crippen LogP contribution >= 0.6 is 11.8 Å². The minimum atomic E-state index is 0.200. The van der Waals surface area contributed by atoms with Gasteiger partial charge in [-0.3, -0.25) is 4.79 Å². The van der Waals surface area contributed by atoms with Crippen molar-refractivity contribution in [2.24, 2.45) is 0 Å². The van der Waals surface area contributed by atoms with Gasteiger partial charge in [0.15, 0.2) is 5.78 Å². The molecule has 1 aromatic heterocycles. The van der Waals surface area contributed by atoms with Crippen LogP contribution in [0, 0.1) is 0 Å². The number of nitrogens with one attached hydrogen (secondary N) is 1. The first-order valence-corrected chi connectivity index (χ1v) is 5.74. The van der Waals surface area contributed by atoms with E-state index >= 15 is 0 Å². The smallest absolute Gasteiger partial charge is 0.188 e. The summed E-state index contributed by atoms with van der Waals surface area (Å²) in [5.74, 6) is 1.88. The average Bonchev–Trinajstić information content (AvgIpc) is 2.65. The zero-order chi connectivity index (χ0) is 9.52. The van der Waals surface area contributed by atoms with Crippen LogP contribution < -0.4 is 0 Å². The second kappa shape index (κ2) is 5.86. The summed E-state index contributed by atoms with van der Waals surface area (Å²) < 4.78 is 0. The molecule has 0 saturated carbocycles. The molecule has 0 aliphatic heterocycles. The van der Waals surface area contributed by atoms with Crippen LogP contribution in [0.2, 0.25) is 0 Å². The fourth-order valence-electron chi connectivity index (χ4n) is 0.993. The van der Waals surface area contributed by atoms with Crippen molar-refractivity contribution >= 4 is 17.5 Å². The SMILES string of the molecule is CCCCSCC(=O)c1ccc[nH]1. The van der Waals surface area contributed by atoms with Crippen molar-refractivity contribution in [2.45, 2.75) is 19.8 Å². The second-order valence-corrected chi connectivity index (χ2v) is 4.02. The van der Waals surface area contributed by atoms with Crippen LogP contribution in [0.5, 0.6) is 0 Å². The van der Waals surface area contributed by atoms with Gasteiger partial charge in [-0.1, -0.05) is 13.3 Å². The molecule has 0 saturated heterocycles. The normalized spacial score (nSPS) is 10.2. The highest BCUT2D eigenvalue weighted by molar-refractivity contribution is 7.99. The first-order chi connectivity index (χ1) is 6.34. The maximum atomic E-state index is 11.4. The van der Waals surface area contributed by atoms with Gasteiger partial charge in [0, 0.05) is 6.20 Å². The van der Waals surface area contributed by atoms with Gasteiger partial charge in [-0.25, -0.2) is 0 Å². The van der Waals surface area contributed by atoms with E-state index in [-0.39, 0.29) is 5.78 Å². The minimum Gasteiger partial charge on any atom is -0.359 e. The molecule has 0 amide bonds. The molecule has 0 spiro atoms. The standard InChI is InChI=1S/C10H15NOS/c1-2-3-7-13-8-10(12)9-5-4-6-11-9/h4-6,11H,2-3,7-8H2,1H3. The van der Waals surface area contributed by atoms with Gasteiger partial charge in [0.25, 0.3) is 0 Å². The van der Waals surface area contributed by atoms with Crippen molar-refractivity contribution in [2.75, 3.05) is 11.5 Å². The summed E-state index contributed by atoms with van der Waals surface area (Å²) in [4.78, 5) is 14.3. The van der Waals surface area contributed by atoms with E-state index in [0.29, 0.717) is 5.75 Å². The molecule has 0 fully saturated rings. The zero-order valence-electron chi connectivity index (χ0n) is 7.88. The fraction of sp³-hybridized carbons (Fsp3) is 0.500. The molecule has 0 bridgehead atoms. The number of H-pyrrole nitrogens is 1. The Bertz CT molecular complexity index is 243. The molecule has 0 aliphatic rings. The van der Waals surface area contributed by atoms with Crippen LogP contribution in [-0.4, -0.2) is 22.3 Å². The van der Waals surface area contributed by atoms with Crippen molar-refractivity contribution in [1.82, 2.24) is 4.98 Å². The van der Waals surface area contributed by atoms with E-state index in [1.54, 1.807) is 18.0 Å². The number of Topliss-reactive ketones (excluding diaryl/α,β-unsaturated/α-hetero) is 1. The van der Waals surface area contributed by atoms with E-state index in [0.717, 1.165) is 11.4 Å². The largest absolute Gasteiger partial charge is 0.359 e. The molecule has 0 aliphatic carbocycles. The summed E-state index contributed by atoms with van der Waals surface area (Å²) in [5.41, 5.74) is 0.726. The van der Waals surface area contributed by atoms with E-state index in [1.165, 1.54) is 12.8 Å². The zero-order valence-corrected chi connectivity index (χ0v) is 8.69. The number of hydrogen-bond acceptors (Lipinski definition) is 2. The highest BCUT2D eigenvalue weighted by atomic mass is 32.2. The summed E-state index contributed by atoms with van der Waals surface area (Å²) >= 11 is 1.71. The Kier molecular flexibility index (Phi) is 4.68. The van der Waals surface area contributed by atoms with Crippen molar-refractivity contribution in [3.63, 3.8) is 0 Å². The lowest BCUT2D eigenvalue weighted by molar-refractivity contribution is 0.101. The van der Waals surface area contributed by atoms with Crippen molar-refractivity contribution in [3.8, 4) is 0 Å². The number of unbranched alkanes of at least 4 members (excludes halogenated alkanes) is 1. The number of aromatic nitrogens is 1. The third-order valence-electron chi connectivity index (χ3n) is 1.77. The molecule has 1 aromatic rings. The van der Waals surface area contributed by atoms with Gasteiger partial charge in [0.1, 0.15) is 0 Å². The van der Waals surface area contributed by atoms with Crippen LogP contribution in [0.1, 0.15) is 30.3 Å². The monoisotopic (exact) mass is 197 g/mol. The van der Waals surface area contributed by atoms with E-state index in [1.807, 2.05) is 12.1 Å². The third kappa shape index (κ3) is 3.68. The number of carbonyl (C=O) groups excluding carboxylic acids is 1. The first-order valence-electron chi connectivity index (χ1n) is 4.59. The second-order valence-electron chi connectivity index (χ2n) is 2.91. The number of carbonyl (C=O) groups is 1. The summed E-state index contributed by atoms with van der Waals surface area (Å²) in [7, 11) is 0. The number of rotatable bonds is 6. The lowest BCUT2D eigenvalue weighted by atomic mass is 10.3. The summed E-state index contributed by atoms with van der Waals surface area (Å²) in [6.45, 7) is 2.16. The molecule has 0 atom stereocenters. The lowest BCUT2D eigenvalue weighted by Crippen LogP contribution is -2.02. The van der Waals surface area contributed by atoms with Crippen molar-refractivity contribution in [3.05, 3.63) is 24.0 Å². The van der Waals surface area contributed by atoms with Gasteiger partial charge >= 0.3 is 0 Å². The summed E-state index contributed by atoms with van der Waals surface area (Å²) in [6.07, 6.45) is 4.18. The van der Waals surface area contributed by atoms with E-state index < -0.39 is 0 Å². The van der Waals surface area contributed by atoms with Gasteiger partial charge in [-0.15, -0.1) is 0 Å². The van der Waals surface area contributed by atoms with Gasteiger partial charge in [-0.2, -0.15) is 11.8 Å². The third-order valence-corrected chi connectivity index (χ3v) is 2.82. The quantitative estimate of drug-likeness (QED) is 0.562. The molecule has 0 radical (unpaired) electrons. The number of aromatic amines is 1. The van der Waals surface area contributed by atoms with Crippen LogP contribution in [0.4, 0.5) is 0 Å². The predicted molar refractivity (Wildman–Crippen MR) is 57.4 cm³/mol. The topological polar surface area (TPSA) is 32.9 Å². The molecule has 0 unspecified atom stereocenters. The number of hydrogen-bond donors (Lipinski definition) is 1. The van der Waals surface area contributed by atoms with E-state index in [4.69, 9.17) is 0 Å².